The SMILES string of the molecule is CCOc1ccccc1NC(=O)CSC1=NC(CC)=NC2=[N+](C)C(=O)N(C)C(=O)C12. The number of thioether (sulfide) groups is 1. The van der Waals surface area contributed by atoms with E-state index in [1.807, 2.05) is 26.0 Å². The first-order chi connectivity index (χ1) is 14.4. The van der Waals surface area contributed by atoms with Crippen LogP contribution in [0.1, 0.15) is 20.3 Å². The number of nitrogens with zero attached hydrogens (tertiary/aromatic N) is 4. The van der Waals surface area contributed by atoms with Crippen molar-refractivity contribution in [1.29, 1.82) is 0 Å². The Morgan fingerprint density at radius 2 is 2.00 bits per heavy atom. The molecule has 0 aliphatic carbocycles. The molecule has 0 aromatic heterocycles. The third kappa shape index (κ3) is 4.28. The van der Waals surface area contributed by atoms with Gasteiger partial charge in [-0.3, -0.25) is 9.59 Å². The van der Waals surface area contributed by atoms with Gasteiger partial charge in [-0.15, -0.1) is 0 Å². The van der Waals surface area contributed by atoms with E-state index >= 15 is 0 Å². The van der Waals surface area contributed by atoms with Crippen molar-refractivity contribution in [2.45, 2.75) is 20.3 Å². The molecule has 30 heavy (non-hydrogen) atoms. The van der Waals surface area contributed by atoms with Crippen molar-refractivity contribution in [3.8, 4) is 5.75 Å². The molecule has 10 heteroatoms. The highest BCUT2D eigenvalue weighted by molar-refractivity contribution is 8.14. The van der Waals surface area contributed by atoms with Crippen LogP contribution in [0.15, 0.2) is 34.3 Å². The molecule has 0 saturated heterocycles. The summed E-state index contributed by atoms with van der Waals surface area (Å²) in [6.07, 6.45) is 0.542. The first-order valence-corrected chi connectivity index (χ1v) is 10.6. The number of para-hydroxylation sites is 2. The zero-order valence-corrected chi connectivity index (χ0v) is 18.2. The summed E-state index contributed by atoms with van der Waals surface area (Å²) in [5.74, 6) is 0.0604. The molecule has 9 nitrogen and oxygen atoms in total. The van der Waals surface area contributed by atoms with Crippen LogP contribution in [0, 0.1) is 5.92 Å². The topological polar surface area (TPSA) is 103 Å². The van der Waals surface area contributed by atoms with Gasteiger partial charge in [0.1, 0.15) is 10.8 Å². The molecular weight excluding hydrogens is 406 g/mol. The number of benzene rings is 1. The lowest BCUT2D eigenvalue weighted by Gasteiger charge is -2.26. The van der Waals surface area contributed by atoms with Crippen LogP contribution in [0.25, 0.3) is 0 Å². The molecule has 4 amide bonds. The van der Waals surface area contributed by atoms with E-state index in [1.54, 1.807) is 19.2 Å². The van der Waals surface area contributed by atoms with E-state index in [1.165, 1.54) is 23.4 Å². The number of rotatable bonds is 6. The van der Waals surface area contributed by atoms with E-state index in [-0.39, 0.29) is 11.7 Å². The molecule has 0 spiro atoms. The number of ether oxygens (including phenoxy) is 1. The van der Waals surface area contributed by atoms with E-state index < -0.39 is 17.9 Å². The molecule has 1 unspecified atom stereocenters. The van der Waals surface area contributed by atoms with Gasteiger partial charge < -0.3 is 10.1 Å². The molecule has 1 aromatic carbocycles. The number of amidine groups is 2. The van der Waals surface area contributed by atoms with Crippen LogP contribution in [0.4, 0.5) is 10.5 Å². The molecule has 2 heterocycles. The number of carbonyl (C=O) groups excluding carboxylic acids is 3. The summed E-state index contributed by atoms with van der Waals surface area (Å²) < 4.78 is 6.88. The average Bonchev–Trinajstić information content (AvgIpc) is 2.75. The molecule has 3 rings (SSSR count). The molecule has 0 bridgehead atoms. The highest BCUT2D eigenvalue weighted by atomic mass is 32.2. The van der Waals surface area contributed by atoms with E-state index in [2.05, 4.69) is 15.3 Å². The van der Waals surface area contributed by atoms with Gasteiger partial charge in [0, 0.05) is 6.42 Å². The third-order valence-electron chi connectivity index (χ3n) is 4.61. The number of urea groups is 1. The van der Waals surface area contributed by atoms with Crippen molar-refractivity contribution in [2.75, 3.05) is 31.8 Å². The lowest BCUT2D eigenvalue weighted by Crippen LogP contribution is -2.54. The number of imide groups is 1. The van der Waals surface area contributed by atoms with Gasteiger partial charge in [0.15, 0.2) is 5.92 Å². The lowest BCUT2D eigenvalue weighted by atomic mass is 10.0. The van der Waals surface area contributed by atoms with Gasteiger partial charge in [-0.25, -0.2) is 9.79 Å². The predicted molar refractivity (Wildman–Crippen MR) is 117 cm³/mol. The van der Waals surface area contributed by atoms with Crippen molar-refractivity contribution in [3.05, 3.63) is 24.3 Å². The van der Waals surface area contributed by atoms with Gasteiger partial charge in [-0.1, -0.05) is 35.8 Å². The molecule has 2 aliphatic rings. The largest absolute Gasteiger partial charge is 0.492 e. The number of aliphatic imine (C=N–C) groups is 2. The third-order valence-corrected chi connectivity index (χ3v) is 5.64. The zero-order valence-electron chi connectivity index (χ0n) is 17.3. The van der Waals surface area contributed by atoms with Crippen LogP contribution >= 0.6 is 11.8 Å². The second-order valence-electron chi connectivity index (χ2n) is 6.63. The Labute approximate surface area is 178 Å². The monoisotopic (exact) mass is 430 g/mol. The van der Waals surface area contributed by atoms with Gasteiger partial charge >= 0.3 is 11.9 Å². The number of hydrogen-bond donors (Lipinski definition) is 1. The second kappa shape index (κ2) is 9.21. The highest BCUT2D eigenvalue weighted by Gasteiger charge is 2.49. The van der Waals surface area contributed by atoms with Crippen molar-refractivity contribution < 1.29 is 23.7 Å². The van der Waals surface area contributed by atoms with Crippen LogP contribution in [0.5, 0.6) is 5.75 Å². The molecule has 0 radical (unpaired) electrons. The standard InChI is InChI=1S/C20H23N5O4S/c1-5-14-22-17-16(19(27)25(4)20(28)24(17)3)18(23-14)30-11-15(26)21-12-9-7-8-10-13(12)29-6-2/h7-10,16H,5-6,11H2,1-4H3/p+1. The Bertz CT molecular complexity index is 985. The van der Waals surface area contributed by atoms with E-state index in [4.69, 9.17) is 4.74 Å². The number of carbonyl (C=O) groups is 3. The van der Waals surface area contributed by atoms with E-state index in [0.29, 0.717) is 41.2 Å². The van der Waals surface area contributed by atoms with E-state index in [0.717, 1.165) is 4.90 Å². The summed E-state index contributed by atoms with van der Waals surface area (Å²) in [5, 5.41) is 3.29. The maximum absolute atomic E-state index is 12.8. The smallest absolute Gasteiger partial charge is 0.445 e. The van der Waals surface area contributed by atoms with Crippen LogP contribution in [0.3, 0.4) is 0 Å². The summed E-state index contributed by atoms with van der Waals surface area (Å²) in [7, 11) is 3.01. The van der Waals surface area contributed by atoms with E-state index in [9.17, 15) is 14.4 Å². The van der Waals surface area contributed by atoms with Crippen LogP contribution in [0.2, 0.25) is 0 Å². The Hall–Kier alpha value is -3.01. The predicted octanol–water partition coefficient (Wildman–Crippen LogP) is 2.23. The van der Waals surface area contributed by atoms with Crippen molar-refractivity contribution in [2.24, 2.45) is 15.9 Å². The first kappa shape index (κ1) is 21.7. The number of fused-ring (bicyclic) bond motifs is 1. The maximum Gasteiger partial charge on any atom is 0.445 e. The van der Waals surface area contributed by atoms with Crippen LogP contribution in [-0.4, -0.2) is 70.5 Å². The minimum Gasteiger partial charge on any atom is -0.492 e. The van der Waals surface area contributed by atoms with Gasteiger partial charge in [-0.2, -0.15) is 9.48 Å². The van der Waals surface area contributed by atoms with Crippen molar-refractivity contribution in [3.63, 3.8) is 0 Å². The Balaban J connectivity index is 1.78. The Morgan fingerprint density at radius 3 is 2.70 bits per heavy atom. The van der Waals surface area contributed by atoms with Crippen LogP contribution < -0.4 is 10.1 Å². The summed E-state index contributed by atoms with van der Waals surface area (Å²) in [4.78, 5) is 47.5. The Kier molecular flexibility index (Phi) is 6.66. The normalized spacial score (nSPS) is 18.7. The first-order valence-electron chi connectivity index (χ1n) is 9.60. The number of nitrogens with one attached hydrogen (secondary N) is 1. The lowest BCUT2D eigenvalue weighted by molar-refractivity contribution is -0.407. The average molecular weight is 431 g/mol. The molecule has 0 fully saturated rings. The molecule has 158 valence electrons. The van der Waals surface area contributed by atoms with Gasteiger partial charge in [-0.05, 0) is 19.1 Å². The van der Waals surface area contributed by atoms with Crippen molar-refractivity contribution in [1.82, 2.24) is 4.90 Å². The molecule has 1 aromatic rings. The zero-order chi connectivity index (χ0) is 21.8. The summed E-state index contributed by atoms with van der Waals surface area (Å²) >= 11 is 1.17. The fourth-order valence-electron chi connectivity index (χ4n) is 3.07. The molecule has 1 atom stereocenters. The highest BCUT2D eigenvalue weighted by Crippen LogP contribution is 2.27. The van der Waals surface area contributed by atoms with Gasteiger partial charge in [0.05, 0.1) is 32.1 Å². The summed E-state index contributed by atoms with van der Waals surface area (Å²) in [6, 6.07) is 6.75. The number of anilines is 1. The molecule has 1 N–H and O–H groups in total. The minimum atomic E-state index is -0.790. The van der Waals surface area contributed by atoms with Gasteiger partial charge in [0.25, 0.3) is 5.84 Å². The molecular formula is C20H24N5O4S+. The molecule has 2 aliphatic heterocycles. The van der Waals surface area contributed by atoms with Gasteiger partial charge in [0.2, 0.25) is 11.7 Å². The number of amides is 4. The number of hydrogen-bond acceptors (Lipinski definition) is 7. The fourth-order valence-corrected chi connectivity index (χ4v) is 3.96. The van der Waals surface area contributed by atoms with Crippen LogP contribution in [-0.2, 0) is 9.59 Å². The van der Waals surface area contributed by atoms with Crippen molar-refractivity contribution >= 4 is 52.0 Å². The fraction of sp³-hybridized carbons (Fsp3) is 0.400. The molecule has 0 saturated carbocycles. The summed E-state index contributed by atoms with van der Waals surface area (Å²) in [5.41, 5.74) is 0.581. The quantitative estimate of drug-likeness (QED) is 0.697. The maximum atomic E-state index is 12.8. The minimum absolute atomic E-state index is 0.0503. The Morgan fingerprint density at radius 1 is 1.27 bits per heavy atom. The second-order valence-corrected chi connectivity index (χ2v) is 7.62. The summed E-state index contributed by atoms with van der Waals surface area (Å²) in [6.45, 7) is 4.25.